The summed E-state index contributed by atoms with van der Waals surface area (Å²) >= 11 is 0. The zero-order chi connectivity index (χ0) is 2.00. The van der Waals surface area contributed by atoms with E-state index in [-0.39, 0.29) is 109 Å². The van der Waals surface area contributed by atoms with Gasteiger partial charge in [-0.25, -0.2) is 0 Å². The van der Waals surface area contributed by atoms with E-state index >= 15 is 0 Å². The topological polar surface area (TPSA) is 70.0 Å². The Bertz CT molecular complexity index is 13.7. The SMILES string of the molecule is C=C.N.N.[CaH2].[NaH].[NaH]. The van der Waals surface area contributed by atoms with Gasteiger partial charge in [-0.3, -0.25) is 0 Å². The van der Waals surface area contributed by atoms with E-state index in [4.69, 9.17) is 0 Å². The van der Waals surface area contributed by atoms with Gasteiger partial charge in [-0.2, -0.15) is 0 Å². The van der Waals surface area contributed by atoms with Gasteiger partial charge in [0.25, 0.3) is 0 Å². The average Bonchev–Trinajstić information content (AvgIpc) is 1.00. The molecule has 0 radical (unpaired) electrons. The van der Waals surface area contributed by atoms with Crippen molar-refractivity contribution in [3.05, 3.63) is 13.2 Å². The van der Waals surface area contributed by atoms with Gasteiger partial charge in [0.1, 0.15) is 0 Å². The molecule has 0 heterocycles. The third-order valence-electron chi connectivity index (χ3n) is 0. The summed E-state index contributed by atoms with van der Waals surface area (Å²) < 4.78 is 0. The third kappa shape index (κ3) is 50.1. The van der Waals surface area contributed by atoms with Gasteiger partial charge in [0, 0.05) is 0 Å². The zero-order valence-corrected chi connectivity index (χ0v) is 2.83. The molecular formula is C2H14CaN2Na2. The van der Waals surface area contributed by atoms with Crippen LogP contribution in [0.4, 0.5) is 0 Å². The van der Waals surface area contributed by atoms with Gasteiger partial charge < -0.3 is 12.3 Å². The van der Waals surface area contributed by atoms with Crippen LogP contribution < -0.4 is 12.3 Å². The second-order valence-corrected chi connectivity index (χ2v) is 0. The second kappa shape index (κ2) is 65.6. The molecule has 0 aliphatic heterocycles. The molecule has 0 aliphatic carbocycles. The summed E-state index contributed by atoms with van der Waals surface area (Å²) in [4.78, 5) is 0. The van der Waals surface area contributed by atoms with E-state index in [1.165, 1.54) is 0 Å². The van der Waals surface area contributed by atoms with Crippen LogP contribution in [0.2, 0.25) is 0 Å². The van der Waals surface area contributed by atoms with Crippen molar-refractivity contribution >= 4 is 96.9 Å². The van der Waals surface area contributed by atoms with E-state index in [1.54, 1.807) is 0 Å². The van der Waals surface area contributed by atoms with Crippen molar-refractivity contribution in [2.24, 2.45) is 0 Å². The first-order valence-corrected chi connectivity index (χ1v) is 0.500. The molecule has 0 aliphatic rings. The quantitative estimate of drug-likeness (QED) is 0.342. The zero-order valence-electron chi connectivity index (χ0n) is 2.83. The second-order valence-electron chi connectivity index (χ2n) is 0. The van der Waals surface area contributed by atoms with Crippen LogP contribution in [0.5, 0.6) is 0 Å². The summed E-state index contributed by atoms with van der Waals surface area (Å²) in [5.41, 5.74) is 0. The summed E-state index contributed by atoms with van der Waals surface area (Å²) in [5.74, 6) is 0. The van der Waals surface area contributed by atoms with Gasteiger partial charge in [0.15, 0.2) is 0 Å². The molecule has 0 fully saturated rings. The Morgan fingerprint density at radius 3 is 0.714 bits per heavy atom. The molecular weight excluding hydrogens is 138 g/mol. The first-order valence-electron chi connectivity index (χ1n) is 0.500. The van der Waals surface area contributed by atoms with Gasteiger partial charge in [-0.05, 0) is 0 Å². The Labute approximate surface area is 120 Å². The van der Waals surface area contributed by atoms with Crippen molar-refractivity contribution in [3.8, 4) is 0 Å². The van der Waals surface area contributed by atoms with Gasteiger partial charge in [-0.15, -0.1) is 13.2 Å². The fourth-order valence-electron chi connectivity index (χ4n) is 0. The van der Waals surface area contributed by atoms with Crippen LogP contribution in [-0.4, -0.2) is 96.9 Å². The third-order valence-corrected chi connectivity index (χ3v) is 0. The predicted molar refractivity (Wildman–Crippen MR) is 44.1 cm³/mol. The van der Waals surface area contributed by atoms with Crippen molar-refractivity contribution in [2.75, 3.05) is 0 Å². The molecule has 0 spiro atoms. The summed E-state index contributed by atoms with van der Waals surface area (Å²) in [6.45, 7) is 6.00. The fraction of sp³-hybridized carbons (Fsp3) is 0. The van der Waals surface area contributed by atoms with E-state index in [0.717, 1.165) is 0 Å². The minimum absolute atomic E-state index is 0. The molecule has 0 saturated carbocycles. The van der Waals surface area contributed by atoms with Crippen LogP contribution in [0.3, 0.4) is 0 Å². The number of hydrogen-bond donors (Lipinski definition) is 2. The predicted octanol–water partition coefficient (Wildman–Crippen LogP) is -1.09. The van der Waals surface area contributed by atoms with Crippen molar-refractivity contribution < 1.29 is 0 Å². The Hall–Kier alpha value is 2.92. The van der Waals surface area contributed by atoms with Crippen molar-refractivity contribution in [1.29, 1.82) is 0 Å². The molecule has 0 bridgehead atoms. The Balaban J connectivity index is -0.000000000500. The van der Waals surface area contributed by atoms with Gasteiger partial charge in [0.05, 0.1) is 0 Å². The van der Waals surface area contributed by atoms with Gasteiger partial charge >= 0.3 is 96.9 Å². The van der Waals surface area contributed by atoms with E-state index in [0.29, 0.717) is 0 Å². The van der Waals surface area contributed by atoms with Crippen LogP contribution in [0.1, 0.15) is 0 Å². The van der Waals surface area contributed by atoms with Crippen LogP contribution in [0.25, 0.3) is 0 Å². The fourth-order valence-corrected chi connectivity index (χ4v) is 0. The molecule has 0 aromatic heterocycles. The molecule has 0 unspecified atom stereocenters. The number of hydrogen-bond acceptors (Lipinski definition) is 2. The van der Waals surface area contributed by atoms with Crippen LogP contribution in [0.15, 0.2) is 13.2 Å². The molecule has 0 saturated heterocycles. The first kappa shape index (κ1) is 51.4. The molecule has 2 nitrogen and oxygen atoms in total. The Kier molecular flexibility index (Phi) is 482. The monoisotopic (exact) mass is 152 g/mol. The van der Waals surface area contributed by atoms with E-state index < -0.39 is 0 Å². The molecule has 5 heteroatoms. The normalized spacial score (nSPS) is 0.571. The van der Waals surface area contributed by atoms with E-state index in [1.807, 2.05) is 0 Å². The molecule has 36 valence electrons. The molecule has 0 amide bonds. The van der Waals surface area contributed by atoms with Crippen LogP contribution in [-0.2, 0) is 0 Å². The maximum absolute atomic E-state index is 3.00. The van der Waals surface area contributed by atoms with Crippen molar-refractivity contribution in [2.45, 2.75) is 0 Å². The van der Waals surface area contributed by atoms with Gasteiger partial charge in [-0.1, -0.05) is 0 Å². The van der Waals surface area contributed by atoms with Crippen molar-refractivity contribution in [1.82, 2.24) is 12.3 Å². The van der Waals surface area contributed by atoms with Crippen molar-refractivity contribution in [3.63, 3.8) is 0 Å². The molecule has 0 aromatic carbocycles. The standard InChI is InChI=1S/C2H4.Ca.2H3N.2Na.4H/c1-2;;;;;;;;;/h1-2H2;;2*1H3;;;;;;. The van der Waals surface area contributed by atoms with E-state index in [2.05, 4.69) is 13.2 Å². The molecule has 7 heavy (non-hydrogen) atoms. The average molecular weight is 152 g/mol. The van der Waals surface area contributed by atoms with E-state index in [9.17, 15) is 0 Å². The first-order chi connectivity index (χ1) is 1.00. The summed E-state index contributed by atoms with van der Waals surface area (Å²) in [6, 6.07) is 0. The van der Waals surface area contributed by atoms with Gasteiger partial charge in [0.2, 0.25) is 0 Å². The molecule has 0 atom stereocenters. The Morgan fingerprint density at radius 2 is 0.714 bits per heavy atom. The van der Waals surface area contributed by atoms with Crippen LogP contribution >= 0.6 is 0 Å². The number of rotatable bonds is 0. The molecule has 6 N–H and O–H groups in total. The minimum atomic E-state index is 0. The summed E-state index contributed by atoms with van der Waals surface area (Å²) in [5, 5.41) is 0. The molecule has 0 rings (SSSR count). The maximum atomic E-state index is 3.00. The Morgan fingerprint density at radius 1 is 0.714 bits per heavy atom. The van der Waals surface area contributed by atoms with Crippen LogP contribution in [0, 0.1) is 0 Å². The summed E-state index contributed by atoms with van der Waals surface area (Å²) in [6.07, 6.45) is 0. The summed E-state index contributed by atoms with van der Waals surface area (Å²) in [7, 11) is 0. The molecule has 0 aromatic rings.